The molecule has 0 aromatic carbocycles. The highest BCUT2D eigenvalue weighted by atomic mass is 16.7. The lowest BCUT2D eigenvalue weighted by molar-refractivity contribution is -0.302. The van der Waals surface area contributed by atoms with E-state index in [1.807, 2.05) is 12.2 Å². The van der Waals surface area contributed by atoms with Gasteiger partial charge in [-0.1, -0.05) is 259 Å². The third kappa shape index (κ3) is 39.0. The van der Waals surface area contributed by atoms with Gasteiger partial charge in [-0.15, -0.1) is 0 Å². The van der Waals surface area contributed by atoms with E-state index in [0.717, 1.165) is 44.9 Å². The van der Waals surface area contributed by atoms with E-state index in [1.165, 1.54) is 167 Å². The zero-order chi connectivity index (χ0) is 50.8. The van der Waals surface area contributed by atoms with E-state index in [-0.39, 0.29) is 18.9 Å². The fourth-order valence-electron chi connectivity index (χ4n) is 8.71. The van der Waals surface area contributed by atoms with Crippen LogP contribution in [0.5, 0.6) is 0 Å². The summed E-state index contributed by atoms with van der Waals surface area (Å²) in [5, 5.41) is 54.3. The molecule has 1 rings (SSSR count). The number of hydrogen-bond acceptors (Lipinski definition) is 8. The zero-order valence-electron chi connectivity index (χ0n) is 44.7. The number of aliphatic hydroxyl groups excluding tert-OH is 5. The van der Waals surface area contributed by atoms with E-state index < -0.39 is 49.5 Å². The van der Waals surface area contributed by atoms with E-state index in [4.69, 9.17) is 9.47 Å². The number of nitrogens with one attached hydrogen (secondary N) is 1. The van der Waals surface area contributed by atoms with Crippen LogP contribution in [0.2, 0.25) is 0 Å². The number of carbonyl (C=O) groups excluding carboxylic acids is 1. The number of unbranched alkanes of at least 4 members (excludes halogenated alkanes) is 27. The molecule has 9 nitrogen and oxygen atoms in total. The summed E-state index contributed by atoms with van der Waals surface area (Å²) < 4.78 is 11.2. The second-order valence-electron chi connectivity index (χ2n) is 19.7. The van der Waals surface area contributed by atoms with Gasteiger partial charge in [0.1, 0.15) is 24.4 Å². The Morgan fingerprint density at radius 3 is 1.34 bits per heavy atom. The standard InChI is InChI=1S/C61H107NO8/c1-3-5-7-9-11-13-15-17-19-20-21-22-23-24-25-26-27-28-29-30-31-32-33-34-35-37-38-40-42-44-46-48-50-55(64)54(53-69-61-60(68)59(67)58(66)56(52-63)70-61)62-57(65)51-49-47-45-43-41-39-36-18-16-14-12-10-8-6-4-2/h6,8,12,14,18,36,40-43,47-50,54-56,58-61,63-64,66-68H,3-5,7,9-11,13,15-17,19-35,37-39,44-46,51-53H2,1-2H3,(H,62,65)/b8-6-,14-12-,36-18-,42-40+,43-41-,49-47-,50-48+. The molecule has 6 N–H and O–H groups in total. The summed E-state index contributed by atoms with van der Waals surface area (Å²) in [5.41, 5.74) is 0. The minimum absolute atomic E-state index is 0.102. The molecule has 1 aliphatic heterocycles. The predicted octanol–water partition coefficient (Wildman–Crippen LogP) is 14.2. The minimum Gasteiger partial charge on any atom is -0.394 e. The maximum Gasteiger partial charge on any atom is 0.224 e. The molecule has 0 aliphatic carbocycles. The van der Waals surface area contributed by atoms with Gasteiger partial charge in [0.15, 0.2) is 6.29 Å². The molecule has 7 atom stereocenters. The maximum absolute atomic E-state index is 12.9. The van der Waals surface area contributed by atoms with Gasteiger partial charge in [0, 0.05) is 6.42 Å². The van der Waals surface area contributed by atoms with E-state index in [9.17, 15) is 30.3 Å². The second kappa shape index (κ2) is 49.9. The molecule has 0 radical (unpaired) electrons. The summed E-state index contributed by atoms with van der Waals surface area (Å²) in [7, 11) is 0. The van der Waals surface area contributed by atoms with Gasteiger partial charge in [-0.05, 0) is 57.8 Å². The van der Waals surface area contributed by atoms with Crippen LogP contribution in [0.25, 0.3) is 0 Å². The first kappa shape index (κ1) is 65.4. The van der Waals surface area contributed by atoms with Crippen molar-refractivity contribution in [1.29, 1.82) is 0 Å². The van der Waals surface area contributed by atoms with Crippen molar-refractivity contribution in [3.63, 3.8) is 0 Å². The number of carbonyl (C=O) groups is 1. The molecule has 7 unspecified atom stereocenters. The van der Waals surface area contributed by atoms with Crippen LogP contribution in [0.4, 0.5) is 0 Å². The van der Waals surface area contributed by atoms with E-state index in [0.29, 0.717) is 6.42 Å². The summed E-state index contributed by atoms with van der Waals surface area (Å²) in [6, 6.07) is -0.882. The van der Waals surface area contributed by atoms with Crippen molar-refractivity contribution in [2.24, 2.45) is 0 Å². The van der Waals surface area contributed by atoms with Crippen molar-refractivity contribution in [2.75, 3.05) is 13.2 Å². The molecule has 0 aromatic heterocycles. The molecule has 1 fully saturated rings. The molecule has 1 amide bonds. The predicted molar refractivity (Wildman–Crippen MR) is 295 cm³/mol. The molecule has 404 valence electrons. The topological polar surface area (TPSA) is 149 Å². The third-order valence-electron chi connectivity index (χ3n) is 13.2. The Balaban J connectivity index is 2.22. The van der Waals surface area contributed by atoms with Gasteiger partial charge in [0.05, 0.1) is 25.4 Å². The van der Waals surface area contributed by atoms with Crippen molar-refractivity contribution in [2.45, 2.75) is 281 Å². The second-order valence-corrected chi connectivity index (χ2v) is 19.7. The number of amides is 1. The van der Waals surface area contributed by atoms with Crippen molar-refractivity contribution in [1.82, 2.24) is 5.32 Å². The van der Waals surface area contributed by atoms with Gasteiger partial charge in [0.25, 0.3) is 0 Å². The molecule has 0 spiro atoms. The van der Waals surface area contributed by atoms with Gasteiger partial charge < -0.3 is 40.3 Å². The molecule has 0 aromatic rings. The highest BCUT2D eigenvalue weighted by Gasteiger charge is 2.44. The number of hydrogen-bond donors (Lipinski definition) is 6. The Labute approximate surface area is 429 Å². The van der Waals surface area contributed by atoms with Gasteiger partial charge in [-0.2, -0.15) is 0 Å². The summed E-state index contributed by atoms with van der Waals surface area (Å²) in [6.45, 7) is 3.59. The molecular weight excluding hydrogens is 875 g/mol. The largest absolute Gasteiger partial charge is 0.394 e. The molecule has 1 heterocycles. The van der Waals surface area contributed by atoms with Crippen molar-refractivity contribution < 1.29 is 39.8 Å². The lowest BCUT2D eigenvalue weighted by Gasteiger charge is -2.40. The van der Waals surface area contributed by atoms with Crippen molar-refractivity contribution in [3.8, 4) is 0 Å². The smallest absolute Gasteiger partial charge is 0.224 e. The van der Waals surface area contributed by atoms with Crippen LogP contribution in [0.3, 0.4) is 0 Å². The molecule has 0 saturated carbocycles. The first-order chi connectivity index (χ1) is 34.3. The average Bonchev–Trinajstić information content (AvgIpc) is 3.36. The van der Waals surface area contributed by atoms with Crippen LogP contribution in [0.1, 0.15) is 239 Å². The number of rotatable bonds is 48. The fourth-order valence-corrected chi connectivity index (χ4v) is 8.71. The average molecular weight is 983 g/mol. The van der Waals surface area contributed by atoms with Crippen LogP contribution in [0.15, 0.2) is 85.1 Å². The Morgan fingerprint density at radius 2 is 0.900 bits per heavy atom. The van der Waals surface area contributed by atoms with Gasteiger partial charge in [-0.3, -0.25) is 4.79 Å². The third-order valence-corrected chi connectivity index (χ3v) is 13.2. The fraction of sp³-hybridized carbons (Fsp3) is 0.754. The van der Waals surface area contributed by atoms with E-state index in [1.54, 1.807) is 12.2 Å². The Hall–Kier alpha value is -2.63. The molecular formula is C61H107NO8. The van der Waals surface area contributed by atoms with E-state index in [2.05, 4.69) is 79.9 Å². The van der Waals surface area contributed by atoms with Crippen LogP contribution >= 0.6 is 0 Å². The molecule has 1 aliphatic rings. The molecule has 70 heavy (non-hydrogen) atoms. The monoisotopic (exact) mass is 982 g/mol. The summed E-state index contributed by atoms with van der Waals surface area (Å²) in [6.07, 6.45) is 64.2. The van der Waals surface area contributed by atoms with Gasteiger partial charge in [0.2, 0.25) is 5.91 Å². The highest BCUT2D eigenvalue weighted by Crippen LogP contribution is 2.23. The lowest BCUT2D eigenvalue weighted by atomic mass is 9.99. The molecule has 1 saturated heterocycles. The quantitative estimate of drug-likeness (QED) is 0.0261. The van der Waals surface area contributed by atoms with Crippen molar-refractivity contribution in [3.05, 3.63) is 85.1 Å². The Kier molecular flexibility index (Phi) is 46.6. The normalized spacial score (nSPS) is 20.0. The van der Waals surface area contributed by atoms with E-state index >= 15 is 0 Å². The molecule has 0 bridgehead atoms. The van der Waals surface area contributed by atoms with Gasteiger partial charge in [-0.25, -0.2) is 0 Å². The van der Waals surface area contributed by atoms with Crippen LogP contribution < -0.4 is 5.32 Å². The van der Waals surface area contributed by atoms with Gasteiger partial charge >= 0.3 is 0 Å². The van der Waals surface area contributed by atoms with Crippen LogP contribution in [0, 0.1) is 0 Å². The number of ether oxygens (including phenoxy) is 2. The Morgan fingerprint density at radius 1 is 0.500 bits per heavy atom. The minimum atomic E-state index is -1.59. The lowest BCUT2D eigenvalue weighted by Crippen LogP contribution is -2.60. The number of allylic oxidation sites excluding steroid dienone is 12. The summed E-state index contributed by atoms with van der Waals surface area (Å²) >= 11 is 0. The van der Waals surface area contributed by atoms with Crippen LogP contribution in [-0.2, 0) is 14.3 Å². The maximum atomic E-state index is 12.9. The first-order valence-corrected chi connectivity index (χ1v) is 28.8. The Bertz CT molecular complexity index is 1370. The molecule has 9 heteroatoms. The number of aliphatic hydroxyl groups is 5. The SMILES string of the molecule is CC/C=C\C/C=C\C/C=C\C/C=C\C/C=C\CC(=O)NC(COC1OC(CO)C(O)C(O)C1O)C(O)/C=C/CC/C=C/CCCCCCCCCCCCCCCCCCCCCCCCCCCC. The summed E-state index contributed by atoms with van der Waals surface area (Å²) in [4.78, 5) is 12.9. The first-order valence-electron chi connectivity index (χ1n) is 28.8. The van der Waals surface area contributed by atoms with Crippen LogP contribution in [-0.4, -0.2) is 87.5 Å². The summed E-state index contributed by atoms with van der Waals surface area (Å²) in [5.74, 6) is -0.315. The highest BCUT2D eigenvalue weighted by molar-refractivity contribution is 5.77. The zero-order valence-corrected chi connectivity index (χ0v) is 44.7. The van der Waals surface area contributed by atoms with Crippen molar-refractivity contribution >= 4 is 5.91 Å².